The van der Waals surface area contributed by atoms with Gasteiger partial charge >= 0.3 is 6.18 Å². The Labute approximate surface area is 148 Å². The van der Waals surface area contributed by atoms with Gasteiger partial charge in [0.2, 0.25) is 17.6 Å². The average Bonchev–Trinajstić information content (AvgIpc) is 3.22. The van der Waals surface area contributed by atoms with Crippen molar-refractivity contribution in [2.24, 2.45) is 0 Å². The fraction of sp³-hybridized carbons (Fsp3) is 0.286. The average molecular weight is 388 g/mol. The maximum Gasteiger partial charge on any atom is 0.416 e. The monoisotopic (exact) mass is 388 g/mol. The predicted octanol–water partition coefficient (Wildman–Crippen LogP) is 4.29. The van der Waals surface area contributed by atoms with Crippen molar-refractivity contribution < 1.29 is 22.1 Å². The summed E-state index contributed by atoms with van der Waals surface area (Å²) in [5.41, 5.74) is -0.534. The van der Waals surface area contributed by atoms with Crippen molar-refractivity contribution in [3.63, 3.8) is 0 Å². The Morgan fingerprint density at radius 2 is 1.96 bits per heavy atom. The topological polar surface area (TPSA) is 77.8 Å². The van der Waals surface area contributed by atoms with Crippen LogP contribution in [0.3, 0.4) is 0 Å². The number of aromatic nitrogens is 4. The third-order valence-electron chi connectivity index (χ3n) is 2.95. The summed E-state index contributed by atoms with van der Waals surface area (Å²) >= 11 is 2.77. The minimum Gasteiger partial charge on any atom is -0.415 e. The van der Waals surface area contributed by atoms with E-state index >= 15 is 0 Å². The van der Waals surface area contributed by atoms with Crippen LogP contribution in [0.1, 0.15) is 17.3 Å². The van der Waals surface area contributed by atoms with E-state index in [1.807, 2.05) is 6.26 Å². The number of alkyl halides is 3. The molecular weight excluding hydrogens is 377 g/mol. The second-order valence-electron chi connectivity index (χ2n) is 4.77. The Kier molecular flexibility index (Phi) is 5.33. The van der Waals surface area contributed by atoms with Crippen LogP contribution in [-0.4, -0.2) is 26.6 Å². The van der Waals surface area contributed by atoms with E-state index in [1.165, 1.54) is 23.9 Å². The Morgan fingerprint density at radius 3 is 2.72 bits per heavy atom. The van der Waals surface area contributed by atoms with Crippen molar-refractivity contribution in [2.45, 2.75) is 22.9 Å². The highest BCUT2D eigenvalue weighted by atomic mass is 32.2. The van der Waals surface area contributed by atoms with E-state index in [2.05, 4.69) is 20.3 Å². The maximum absolute atomic E-state index is 12.8. The SMILES string of the molecule is CSCc1nnc(SCc2nc(-c3cccc(C(F)(F)F)c3)no2)o1. The van der Waals surface area contributed by atoms with Gasteiger partial charge in [-0.3, -0.25) is 0 Å². The zero-order valence-corrected chi connectivity index (χ0v) is 14.4. The molecule has 0 spiro atoms. The molecule has 2 heterocycles. The van der Waals surface area contributed by atoms with Gasteiger partial charge in [-0.2, -0.15) is 29.9 Å². The highest BCUT2D eigenvalue weighted by molar-refractivity contribution is 7.98. The van der Waals surface area contributed by atoms with Gasteiger partial charge in [0, 0.05) is 5.56 Å². The van der Waals surface area contributed by atoms with E-state index in [0.717, 1.165) is 12.1 Å². The van der Waals surface area contributed by atoms with Gasteiger partial charge in [0.1, 0.15) is 0 Å². The molecule has 0 N–H and O–H groups in total. The summed E-state index contributed by atoms with van der Waals surface area (Å²) in [6.07, 6.45) is -2.50. The smallest absolute Gasteiger partial charge is 0.415 e. The molecule has 0 radical (unpaired) electrons. The first-order valence-corrected chi connectivity index (χ1v) is 9.28. The van der Waals surface area contributed by atoms with Crippen molar-refractivity contribution in [1.29, 1.82) is 0 Å². The van der Waals surface area contributed by atoms with E-state index in [0.29, 0.717) is 16.9 Å². The Balaban J connectivity index is 1.68. The summed E-state index contributed by atoms with van der Waals surface area (Å²) < 4.78 is 48.7. The van der Waals surface area contributed by atoms with Crippen LogP contribution < -0.4 is 0 Å². The fourth-order valence-corrected chi connectivity index (χ4v) is 2.85. The van der Waals surface area contributed by atoms with Gasteiger partial charge in [-0.05, 0) is 18.4 Å². The number of thioether (sulfide) groups is 2. The number of nitrogens with zero attached hydrogens (tertiary/aromatic N) is 4. The quantitative estimate of drug-likeness (QED) is 0.579. The van der Waals surface area contributed by atoms with Gasteiger partial charge in [0.25, 0.3) is 5.22 Å². The van der Waals surface area contributed by atoms with Gasteiger partial charge in [-0.15, -0.1) is 10.2 Å². The highest BCUT2D eigenvalue weighted by Gasteiger charge is 2.30. The lowest BCUT2D eigenvalue weighted by Gasteiger charge is -2.06. The van der Waals surface area contributed by atoms with Crippen molar-refractivity contribution in [1.82, 2.24) is 20.3 Å². The van der Waals surface area contributed by atoms with Crippen LogP contribution in [0.2, 0.25) is 0 Å². The number of hydrogen-bond acceptors (Lipinski definition) is 8. The molecule has 0 aliphatic carbocycles. The van der Waals surface area contributed by atoms with E-state index in [4.69, 9.17) is 8.94 Å². The summed E-state index contributed by atoms with van der Waals surface area (Å²) in [5.74, 6) is 1.75. The van der Waals surface area contributed by atoms with Crippen LogP contribution in [0, 0.1) is 0 Å². The second-order valence-corrected chi connectivity index (χ2v) is 6.57. The molecule has 3 aromatic rings. The molecule has 0 amide bonds. The van der Waals surface area contributed by atoms with Gasteiger partial charge in [-0.25, -0.2) is 0 Å². The zero-order chi connectivity index (χ0) is 17.9. The van der Waals surface area contributed by atoms with Gasteiger partial charge < -0.3 is 8.94 Å². The summed E-state index contributed by atoms with van der Waals surface area (Å²) in [5, 5.41) is 11.8. The number of rotatable bonds is 6. The second kappa shape index (κ2) is 7.48. The van der Waals surface area contributed by atoms with Crippen molar-refractivity contribution >= 4 is 23.5 Å². The van der Waals surface area contributed by atoms with Crippen LogP contribution in [0.4, 0.5) is 13.2 Å². The molecule has 11 heteroatoms. The summed E-state index contributed by atoms with van der Waals surface area (Å²) in [6, 6.07) is 4.76. The molecule has 2 aromatic heterocycles. The Morgan fingerprint density at radius 1 is 1.12 bits per heavy atom. The molecule has 0 atom stereocenters. The molecule has 0 unspecified atom stereocenters. The summed E-state index contributed by atoms with van der Waals surface area (Å²) in [6.45, 7) is 0. The highest BCUT2D eigenvalue weighted by Crippen LogP contribution is 2.31. The Bertz CT molecular complexity index is 850. The maximum atomic E-state index is 12.8. The molecule has 0 aliphatic rings. The third-order valence-corrected chi connectivity index (χ3v) is 4.29. The third kappa shape index (κ3) is 4.54. The van der Waals surface area contributed by atoms with Crippen molar-refractivity contribution in [3.8, 4) is 11.4 Å². The summed E-state index contributed by atoms with van der Waals surface area (Å²) in [4.78, 5) is 4.10. The predicted molar refractivity (Wildman–Crippen MR) is 85.8 cm³/mol. The molecular formula is C14H11F3N4O2S2. The first-order valence-electron chi connectivity index (χ1n) is 6.90. The molecule has 6 nitrogen and oxygen atoms in total. The van der Waals surface area contributed by atoms with Crippen LogP contribution >= 0.6 is 23.5 Å². The Hall–Kier alpha value is -2.01. The lowest BCUT2D eigenvalue weighted by atomic mass is 10.1. The molecule has 25 heavy (non-hydrogen) atoms. The molecule has 132 valence electrons. The van der Waals surface area contributed by atoms with Crippen LogP contribution in [0.15, 0.2) is 38.4 Å². The van der Waals surface area contributed by atoms with Crippen LogP contribution in [0.5, 0.6) is 0 Å². The lowest BCUT2D eigenvalue weighted by Crippen LogP contribution is -2.04. The standard InChI is InChI=1S/C14H11F3N4O2S2/c1-24-6-11-19-20-13(22-11)25-7-10-18-12(21-23-10)8-3-2-4-9(5-8)14(15,16)17/h2-5H,6-7H2,1H3. The lowest BCUT2D eigenvalue weighted by molar-refractivity contribution is -0.137. The molecule has 3 rings (SSSR count). The summed E-state index contributed by atoms with van der Waals surface area (Å²) in [7, 11) is 0. The van der Waals surface area contributed by atoms with Crippen molar-refractivity contribution in [3.05, 3.63) is 41.6 Å². The van der Waals surface area contributed by atoms with E-state index in [1.54, 1.807) is 11.8 Å². The molecule has 0 bridgehead atoms. The first kappa shape index (κ1) is 17.8. The van der Waals surface area contributed by atoms with E-state index in [-0.39, 0.29) is 23.0 Å². The van der Waals surface area contributed by atoms with Gasteiger partial charge in [-0.1, -0.05) is 29.1 Å². The number of halogens is 3. The zero-order valence-electron chi connectivity index (χ0n) is 12.8. The van der Waals surface area contributed by atoms with E-state index in [9.17, 15) is 13.2 Å². The van der Waals surface area contributed by atoms with Gasteiger partial charge in [0.15, 0.2) is 0 Å². The van der Waals surface area contributed by atoms with E-state index < -0.39 is 11.7 Å². The molecule has 0 aliphatic heterocycles. The minimum absolute atomic E-state index is 0.0929. The normalized spacial score (nSPS) is 11.8. The number of benzene rings is 1. The molecule has 0 saturated heterocycles. The largest absolute Gasteiger partial charge is 0.416 e. The molecule has 0 fully saturated rings. The molecule has 0 saturated carbocycles. The molecule has 1 aromatic carbocycles. The fourth-order valence-electron chi connectivity index (χ4n) is 1.87. The minimum atomic E-state index is -4.43. The van der Waals surface area contributed by atoms with Crippen LogP contribution in [0.25, 0.3) is 11.4 Å². The van der Waals surface area contributed by atoms with Crippen LogP contribution in [-0.2, 0) is 17.7 Å². The van der Waals surface area contributed by atoms with Gasteiger partial charge in [0.05, 0.1) is 17.1 Å². The van der Waals surface area contributed by atoms with Crippen molar-refractivity contribution in [2.75, 3.05) is 6.26 Å². The first-order chi connectivity index (χ1) is 12.0. The number of hydrogen-bond donors (Lipinski definition) is 0.